The zero-order chi connectivity index (χ0) is 33.3. The van der Waals surface area contributed by atoms with Crippen molar-refractivity contribution in [2.75, 3.05) is 26.4 Å². The van der Waals surface area contributed by atoms with Gasteiger partial charge >= 0.3 is 0 Å². The molecule has 0 radical (unpaired) electrons. The van der Waals surface area contributed by atoms with Gasteiger partial charge in [-0.1, -0.05) is 0 Å². The van der Waals surface area contributed by atoms with Crippen molar-refractivity contribution in [2.24, 2.45) is 0 Å². The van der Waals surface area contributed by atoms with Crippen molar-refractivity contribution in [1.82, 2.24) is 0 Å². The maximum absolute atomic E-state index is 10.9. The first-order valence-electron chi connectivity index (χ1n) is 14.1. The van der Waals surface area contributed by atoms with Crippen LogP contribution in [0.4, 0.5) is 0 Å². The summed E-state index contributed by atoms with van der Waals surface area (Å²) in [6, 6.07) is 0. The summed E-state index contributed by atoms with van der Waals surface area (Å²) in [4.78, 5) is 0. The van der Waals surface area contributed by atoms with Crippen LogP contribution in [0.25, 0.3) is 0 Å². The molecule has 0 aromatic heterocycles. The first-order valence-corrected chi connectivity index (χ1v) is 14.1. The Morgan fingerprint density at radius 3 is 1.02 bits per heavy atom. The Hall–Kier alpha value is -0.840. The van der Waals surface area contributed by atoms with Crippen LogP contribution in [-0.4, -0.2) is 221 Å². The summed E-state index contributed by atoms with van der Waals surface area (Å²) in [5, 5.41) is 142. The maximum atomic E-state index is 10.9. The van der Waals surface area contributed by atoms with E-state index in [1.54, 1.807) is 0 Å². The summed E-state index contributed by atoms with van der Waals surface area (Å²) in [6.07, 6.45) is -35.3. The van der Waals surface area contributed by atoms with E-state index >= 15 is 0 Å². The first-order chi connectivity index (χ1) is 21.3. The van der Waals surface area contributed by atoms with Crippen LogP contribution >= 0.6 is 0 Å². The molecule has 20 atom stereocenters. The van der Waals surface area contributed by atoms with E-state index in [-0.39, 0.29) is 0 Å². The van der Waals surface area contributed by atoms with Crippen LogP contribution < -0.4 is 0 Å². The van der Waals surface area contributed by atoms with Gasteiger partial charge in [-0.15, -0.1) is 0 Å². The molecular formula is C24H42O21. The number of ether oxygens (including phenoxy) is 7. The van der Waals surface area contributed by atoms with E-state index in [9.17, 15) is 71.5 Å². The molecule has 0 spiro atoms. The lowest BCUT2D eigenvalue weighted by molar-refractivity contribution is -0.387. The monoisotopic (exact) mass is 666 g/mol. The predicted octanol–water partition coefficient (Wildman–Crippen LogP) is -9.75. The maximum Gasteiger partial charge on any atom is 0.187 e. The Kier molecular flexibility index (Phi) is 12.8. The van der Waals surface area contributed by atoms with Crippen LogP contribution in [0.2, 0.25) is 0 Å². The zero-order valence-electron chi connectivity index (χ0n) is 23.5. The van der Waals surface area contributed by atoms with Crippen LogP contribution in [0.1, 0.15) is 0 Å². The van der Waals surface area contributed by atoms with E-state index in [2.05, 4.69) is 0 Å². The topological polar surface area (TPSA) is 348 Å². The SMILES string of the molecule is OC[C@H]1O[C@@H](O[C@H]2[C@H](O)[C@@H](O)[C@H](O[C@H]3[C@H](O)[C@@H](O)[C@H](O[C@H]4[C@H](O)[C@H](O)C(O)O[C@@H]4CO)O[C@@H]3CO)O[C@@H]2CO)[C@@H](O)[C@@H](O)[C@@H]1O. The predicted molar refractivity (Wildman–Crippen MR) is 134 cm³/mol. The number of rotatable bonds is 10. The molecule has 0 bridgehead atoms. The molecule has 45 heavy (non-hydrogen) atoms. The van der Waals surface area contributed by atoms with Gasteiger partial charge in [-0.25, -0.2) is 0 Å². The van der Waals surface area contributed by atoms with E-state index < -0.39 is 149 Å². The Morgan fingerprint density at radius 1 is 0.333 bits per heavy atom. The van der Waals surface area contributed by atoms with Gasteiger partial charge in [0.2, 0.25) is 0 Å². The highest BCUT2D eigenvalue weighted by molar-refractivity contribution is 4.97. The summed E-state index contributed by atoms with van der Waals surface area (Å²) < 4.78 is 37.7. The van der Waals surface area contributed by atoms with Crippen molar-refractivity contribution in [3.8, 4) is 0 Å². The lowest BCUT2D eigenvalue weighted by atomic mass is 9.95. The van der Waals surface area contributed by atoms with Crippen LogP contribution in [0.5, 0.6) is 0 Å². The number of hydrogen-bond acceptors (Lipinski definition) is 21. The minimum atomic E-state index is -2.02. The average Bonchev–Trinajstić information content (AvgIpc) is 3.03. The second-order valence-electron chi connectivity index (χ2n) is 11.1. The molecule has 4 saturated heterocycles. The molecule has 21 heteroatoms. The van der Waals surface area contributed by atoms with E-state index in [4.69, 9.17) is 33.2 Å². The quantitative estimate of drug-likeness (QED) is 0.103. The molecular weight excluding hydrogens is 624 g/mol. The van der Waals surface area contributed by atoms with Gasteiger partial charge in [0, 0.05) is 0 Å². The number of hydrogen-bond donors (Lipinski definition) is 14. The highest BCUT2D eigenvalue weighted by Crippen LogP contribution is 2.34. The third-order valence-corrected chi connectivity index (χ3v) is 8.20. The molecule has 1 unspecified atom stereocenters. The average molecular weight is 667 g/mol. The van der Waals surface area contributed by atoms with Gasteiger partial charge in [-0.2, -0.15) is 0 Å². The van der Waals surface area contributed by atoms with Gasteiger partial charge in [-0.3, -0.25) is 0 Å². The lowest BCUT2D eigenvalue weighted by Gasteiger charge is -2.49. The summed E-state index contributed by atoms with van der Waals surface area (Å²) >= 11 is 0. The van der Waals surface area contributed by atoms with Gasteiger partial charge in [0.05, 0.1) is 26.4 Å². The van der Waals surface area contributed by atoms with Crippen LogP contribution in [-0.2, 0) is 33.2 Å². The third-order valence-electron chi connectivity index (χ3n) is 8.20. The zero-order valence-corrected chi connectivity index (χ0v) is 23.5. The Morgan fingerprint density at radius 2 is 0.644 bits per heavy atom. The fourth-order valence-electron chi connectivity index (χ4n) is 5.55. The lowest BCUT2D eigenvalue weighted by Crippen LogP contribution is -2.67. The van der Waals surface area contributed by atoms with E-state index in [1.807, 2.05) is 0 Å². The van der Waals surface area contributed by atoms with Crippen molar-refractivity contribution >= 4 is 0 Å². The summed E-state index contributed by atoms with van der Waals surface area (Å²) in [6.45, 7) is -3.39. The summed E-state index contributed by atoms with van der Waals surface area (Å²) in [7, 11) is 0. The van der Waals surface area contributed by atoms with Gasteiger partial charge in [0.25, 0.3) is 0 Å². The molecule has 0 saturated carbocycles. The van der Waals surface area contributed by atoms with E-state index in [0.29, 0.717) is 0 Å². The van der Waals surface area contributed by atoms with Gasteiger partial charge < -0.3 is 105 Å². The Bertz CT molecular complexity index is 910. The third kappa shape index (κ3) is 7.44. The standard InChI is InChI=1S/C24H42O21/c25-1-5-9(29)10(30)15(35)22(40-5)44-19-7(3-27)42-24(17(37)12(19)32)45-20-8(4-28)41-23(16(36)13(20)33)43-18-6(2-26)39-21(38)14(34)11(18)31/h5-38H,1-4H2/t5-,6-,7-,8-,9-,10+,11-,12-,13-,14+,15+,16-,17-,18-,19-,20-,21?,22+,23+,24+/m1/s1. The molecule has 4 aliphatic rings. The van der Waals surface area contributed by atoms with Crippen LogP contribution in [0.3, 0.4) is 0 Å². The van der Waals surface area contributed by atoms with Gasteiger partial charge in [-0.05, 0) is 0 Å². The molecule has 14 N–H and O–H groups in total. The normalized spacial score (nSPS) is 52.9. The van der Waals surface area contributed by atoms with Crippen molar-refractivity contribution in [3.05, 3.63) is 0 Å². The highest BCUT2D eigenvalue weighted by Gasteiger charge is 2.55. The molecule has 264 valence electrons. The summed E-state index contributed by atoms with van der Waals surface area (Å²) in [5.41, 5.74) is 0. The first kappa shape index (κ1) is 37.0. The van der Waals surface area contributed by atoms with Crippen molar-refractivity contribution in [3.63, 3.8) is 0 Å². The Labute approximate surface area is 254 Å². The van der Waals surface area contributed by atoms with Gasteiger partial charge in [0.15, 0.2) is 25.2 Å². The molecule has 0 aromatic rings. The van der Waals surface area contributed by atoms with E-state index in [1.165, 1.54) is 0 Å². The highest BCUT2D eigenvalue weighted by atomic mass is 16.8. The molecule has 21 nitrogen and oxygen atoms in total. The van der Waals surface area contributed by atoms with Crippen molar-refractivity contribution in [2.45, 2.75) is 123 Å². The molecule has 0 aromatic carbocycles. The second-order valence-corrected chi connectivity index (χ2v) is 11.1. The smallest absolute Gasteiger partial charge is 0.187 e. The minimum absolute atomic E-state index is 0.784. The number of aliphatic hydroxyl groups is 14. The molecule has 0 amide bonds. The minimum Gasteiger partial charge on any atom is -0.394 e. The van der Waals surface area contributed by atoms with Gasteiger partial charge in [0.1, 0.15) is 97.7 Å². The van der Waals surface area contributed by atoms with Crippen LogP contribution in [0.15, 0.2) is 0 Å². The van der Waals surface area contributed by atoms with Crippen LogP contribution in [0, 0.1) is 0 Å². The Balaban J connectivity index is 1.43. The van der Waals surface area contributed by atoms with E-state index in [0.717, 1.165) is 0 Å². The largest absolute Gasteiger partial charge is 0.394 e. The molecule has 4 fully saturated rings. The molecule has 4 rings (SSSR count). The molecule has 0 aliphatic carbocycles. The fourth-order valence-corrected chi connectivity index (χ4v) is 5.55. The van der Waals surface area contributed by atoms with Crippen molar-refractivity contribution < 1.29 is 105 Å². The van der Waals surface area contributed by atoms with Crippen molar-refractivity contribution in [1.29, 1.82) is 0 Å². The number of aliphatic hydroxyl groups excluding tert-OH is 14. The molecule has 4 aliphatic heterocycles. The fraction of sp³-hybridized carbons (Fsp3) is 1.00. The second kappa shape index (κ2) is 15.6. The molecule has 4 heterocycles. The summed E-state index contributed by atoms with van der Waals surface area (Å²) in [5.74, 6) is 0.